The van der Waals surface area contributed by atoms with Crippen LogP contribution < -0.4 is 10.5 Å². The number of para-hydroxylation sites is 1. The minimum Gasteiger partial charge on any atom is -0.339 e. The summed E-state index contributed by atoms with van der Waals surface area (Å²) in [7, 11) is 0. The zero-order valence-electron chi connectivity index (χ0n) is 16.4. The summed E-state index contributed by atoms with van der Waals surface area (Å²) in [4.78, 5) is 20.6. The molecule has 4 rings (SSSR count). The van der Waals surface area contributed by atoms with Gasteiger partial charge in [-0.3, -0.25) is 9.36 Å². The molecule has 1 aromatic carbocycles. The number of aromatic nitrogens is 2. The molecular formula is C22H29N3O. The van der Waals surface area contributed by atoms with Crippen LogP contribution >= 0.6 is 0 Å². The van der Waals surface area contributed by atoms with E-state index in [4.69, 9.17) is 4.98 Å². The molecule has 26 heavy (non-hydrogen) atoms. The third-order valence-corrected chi connectivity index (χ3v) is 6.15. The maximum Gasteiger partial charge on any atom is 0.263 e. The van der Waals surface area contributed by atoms with Crippen LogP contribution in [-0.4, -0.2) is 22.1 Å². The molecule has 2 aliphatic rings. The average Bonchev–Trinajstić information content (AvgIpc) is 2.79. The number of allylic oxidation sites excluding steroid dienone is 1. The van der Waals surface area contributed by atoms with Crippen molar-refractivity contribution < 1.29 is 0 Å². The molecule has 0 amide bonds. The fraction of sp³-hybridized carbons (Fsp3) is 0.545. The Morgan fingerprint density at radius 1 is 1.31 bits per heavy atom. The van der Waals surface area contributed by atoms with Gasteiger partial charge in [0.05, 0.1) is 10.9 Å². The van der Waals surface area contributed by atoms with Crippen molar-refractivity contribution >= 4 is 16.9 Å². The molecule has 1 saturated carbocycles. The summed E-state index contributed by atoms with van der Waals surface area (Å²) >= 11 is 0. The maximum atomic E-state index is 13.2. The first-order chi connectivity index (χ1) is 12.2. The summed E-state index contributed by atoms with van der Waals surface area (Å²) in [6.07, 6.45) is 5.36. The van der Waals surface area contributed by atoms with Gasteiger partial charge < -0.3 is 4.90 Å². The molecule has 2 fully saturated rings. The molecule has 2 atom stereocenters. The molecule has 138 valence electrons. The Morgan fingerprint density at radius 3 is 2.81 bits per heavy atom. The minimum atomic E-state index is 0.0412. The number of rotatable bonds is 3. The topological polar surface area (TPSA) is 38.1 Å². The van der Waals surface area contributed by atoms with Crippen LogP contribution in [-0.2, 0) is 6.54 Å². The highest BCUT2D eigenvalue weighted by molar-refractivity contribution is 5.82. The van der Waals surface area contributed by atoms with Gasteiger partial charge in [-0.15, -0.1) is 6.58 Å². The molecule has 4 nitrogen and oxygen atoms in total. The molecule has 1 aliphatic carbocycles. The smallest absolute Gasteiger partial charge is 0.263 e. The zero-order valence-corrected chi connectivity index (χ0v) is 16.4. The normalized spacial score (nSPS) is 27.1. The molecule has 0 N–H and O–H groups in total. The van der Waals surface area contributed by atoms with E-state index >= 15 is 0 Å². The SMILES string of the molecule is C=CCn1c(N2CC3(C)CC2CC(C)(C)C3)nc2c(C)cccc2c1=O. The van der Waals surface area contributed by atoms with Gasteiger partial charge in [0, 0.05) is 19.1 Å². The van der Waals surface area contributed by atoms with Gasteiger partial charge in [-0.1, -0.05) is 39.0 Å². The first kappa shape index (κ1) is 17.3. The number of benzene rings is 1. The fourth-order valence-electron chi connectivity index (χ4n) is 5.58. The zero-order chi connectivity index (χ0) is 18.7. The van der Waals surface area contributed by atoms with Gasteiger partial charge in [-0.2, -0.15) is 0 Å². The molecule has 2 heterocycles. The van der Waals surface area contributed by atoms with E-state index in [1.165, 1.54) is 12.8 Å². The summed E-state index contributed by atoms with van der Waals surface area (Å²) in [5, 5.41) is 0.698. The van der Waals surface area contributed by atoms with E-state index in [1.807, 2.05) is 29.7 Å². The van der Waals surface area contributed by atoms with E-state index in [2.05, 4.69) is 32.3 Å². The largest absolute Gasteiger partial charge is 0.339 e. The van der Waals surface area contributed by atoms with Gasteiger partial charge >= 0.3 is 0 Å². The van der Waals surface area contributed by atoms with Crippen LogP contribution in [0, 0.1) is 17.8 Å². The van der Waals surface area contributed by atoms with Gasteiger partial charge in [-0.25, -0.2) is 4.98 Å². The third-order valence-electron chi connectivity index (χ3n) is 6.15. The van der Waals surface area contributed by atoms with Crippen LogP contribution in [0.15, 0.2) is 35.6 Å². The van der Waals surface area contributed by atoms with Crippen molar-refractivity contribution in [2.24, 2.45) is 10.8 Å². The van der Waals surface area contributed by atoms with Crippen molar-refractivity contribution in [2.45, 2.75) is 59.5 Å². The van der Waals surface area contributed by atoms with Gasteiger partial charge in [0.2, 0.25) is 5.95 Å². The second kappa shape index (κ2) is 5.70. The standard InChI is InChI=1S/C22H29N3O/c1-6-10-24-19(26)17-9-7-8-15(2)18(17)23-20(24)25-14-22(5)12-16(25)11-21(3,4)13-22/h6-9,16H,1,10-14H2,2-5H3. The Balaban J connectivity index is 1.91. The Kier molecular flexibility index (Phi) is 3.80. The first-order valence-electron chi connectivity index (χ1n) is 9.61. The summed E-state index contributed by atoms with van der Waals surface area (Å²) in [6, 6.07) is 6.30. The molecule has 0 spiro atoms. The van der Waals surface area contributed by atoms with Crippen molar-refractivity contribution in [3.8, 4) is 0 Å². The molecule has 1 aromatic heterocycles. The van der Waals surface area contributed by atoms with Gasteiger partial charge in [0.15, 0.2) is 0 Å². The number of hydrogen-bond acceptors (Lipinski definition) is 3. The van der Waals surface area contributed by atoms with Crippen molar-refractivity contribution in [1.82, 2.24) is 9.55 Å². The van der Waals surface area contributed by atoms with Crippen molar-refractivity contribution in [1.29, 1.82) is 0 Å². The summed E-state index contributed by atoms with van der Waals surface area (Å²) < 4.78 is 1.81. The van der Waals surface area contributed by atoms with Gasteiger partial charge in [0.1, 0.15) is 0 Å². The molecule has 1 aliphatic heterocycles. The molecule has 1 saturated heterocycles. The van der Waals surface area contributed by atoms with Crippen LogP contribution in [0.3, 0.4) is 0 Å². The Bertz CT molecular complexity index is 942. The lowest BCUT2D eigenvalue weighted by Gasteiger charge is -2.39. The van der Waals surface area contributed by atoms with Crippen molar-refractivity contribution in [2.75, 3.05) is 11.4 Å². The van der Waals surface area contributed by atoms with Gasteiger partial charge in [0.25, 0.3) is 5.56 Å². The predicted octanol–water partition coefficient (Wildman–Crippen LogP) is 4.30. The molecule has 0 radical (unpaired) electrons. The highest BCUT2D eigenvalue weighted by Gasteiger charge is 2.50. The number of aryl methyl sites for hydroxylation is 1. The summed E-state index contributed by atoms with van der Waals surface area (Å²) in [6.45, 7) is 14.5. The third kappa shape index (κ3) is 2.67. The Morgan fingerprint density at radius 2 is 2.08 bits per heavy atom. The Labute approximate surface area is 155 Å². The van der Waals surface area contributed by atoms with Crippen LogP contribution in [0.25, 0.3) is 10.9 Å². The molecule has 2 aromatic rings. The highest BCUT2D eigenvalue weighted by atomic mass is 16.1. The van der Waals surface area contributed by atoms with Crippen LogP contribution in [0.4, 0.5) is 5.95 Å². The fourth-order valence-corrected chi connectivity index (χ4v) is 5.58. The van der Waals surface area contributed by atoms with E-state index in [9.17, 15) is 4.79 Å². The molecule has 4 heteroatoms. The summed E-state index contributed by atoms with van der Waals surface area (Å²) in [5.41, 5.74) is 2.56. The predicted molar refractivity (Wildman–Crippen MR) is 108 cm³/mol. The van der Waals surface area contributed by atoms with Crippen LogP contribution in [0.1, 0.15) is 45.6 Å². The van der Waals surface area contributed by atoms with Crippen molar-refractivity contribution in [3.63, 3.8) is 0 Å². The first-order valence-corrected chi connectivity index (χ1v) is 9.61. The van der Waals surface area contributed by atoms with Crippen molar-refractivity contribution in [3.05, 3.63) is 46.8 Å². The van der Waals surface area contributed by atoms with Gasteiger partial charge in [-0.05, 0) is 48.6 Å². The van der Waals surface area contributed by atoms with E-state index in [1.54, 1.807) is 6.08 Å². The van der Waals surface area contributed by atoms with Crippen LogP contribution in [0.2, 0.25) is 0 Å². The van der Waals surface area contributed by atoms with Crippen LogP contribution in [0.5, 0.6) is 0 Å². The van der Waals surface area contributed by atoms with E-state index < -0.39 is 0 Å². The summed E-state index contributed by atoms with van der Waals surface area (Å²) in [5.74, 6) is 0.822. The van der Waals surface area contributed by atoms with E-state index in [-0.39, 0.29) is 5.56 Å². The quantitative estimate of drug-likeness (QED) is 0.774. The average molecular weight is 351 g/mol. The lowest BCUT2D eigenvalue weighted by molar-refractivity contribution is 0.136. The number of anilines is 1. The Hall–Kier alpha value is -2.10. The van der Waals surface area contributed by atoms with E-state index in [0.717, 1.165) is 30.0 Å². The lowest BCUT2D eigenvalue weighted by Crippen LogP contribution is -2.38. The number of fused-ring (bicyclic) bond motifs is 3. The lowest BCUT2D eigenvalue weighted by atomic mass is 9.65. The second-order valence-corrected chi connectivity index (χ2v) is 9.43. The second-order valence-electron chi connectivity index (χ2n) is 9.43. The highest BCUT2D eigenvalue weighted by Crippen LogP contribution is 2.53. The molecule has 2 unspecified atom stereocenters. The van der Waals surface area contributed by atoms with E-state index in [0.29, 0.717) is 28.8 Å². The minimum absolute atomic E-state index is 0.0412. The number of hydrogen-bond donors (Lipinski definition) is 0. The molecule has 2 bridgehead atoms. The maximum absolute atomic E-state index is 13.2. The molecular weight excluding hydrogens is 322 g/mol. The monoisotopic (exact) mass is 351 g/mol. The number of nitrogens with zero attached hydrogens (tertiary/aromatic N) is 3.